The van der Waals surface area contributed by atoms with Gasteiger partial charge in [-0.2, -0.15) is 0 Å². The van der Waals surface area contributed by atoms with Crippen LogP contribution in [0, 0.1) is 5.41 Å². The van der Waals surface area contributed by atoms with Crippen molar-refractivity contribution in [3.63, 3.8) is 0 Å². The lowest BCUT2D eigenvalue weighted by Crippen LogP contribution is -2.07. The number of hydrogen-bond acceptors (Lipinski definition) is 2. The lowest BCUT2D eigenvalue weighted by Gasteiger charge is -2.06. The lowest BCUT2D eigenvalue weighted by atomic mass is 10.1. The molecule has 0 atom stereocenters. The van der Waals surface area contributed by atoms with Crippen molar-refractivity contribution in [1.82, 2.24) is 0 Å². The molecule has 0 fully saturated rings. The molecule has 0 aromatic rings. The van der Waals surface area contributed by atoms with Gasteiger partial charge in [-0.1, -0.05) is 13.8 Å². The van der Waals surface area contributed by atoms with Crippen molar-refractivity contribution in [1.29, 1.82) is 5.41 Å². The maximum atomic E-state index is 6.44. The maximum Gasteiger partial charge on any atom is 0.0867 e. The molecule has 0 rings (SSSR count). The Balaban J connectivity index is 0. The van der Waals surface area contributed by atoms with E-state index in [9.17, 15) is 0 Å². The molecule has 0 aliphatic heterocycles. The molecular weight excluding hydrogens is 112 g/mol. The molecule has 2 heteroatoms. The Morgan fingerprint density at radius 1 is 1.22 bits per heavy atom. The zero-order valence-electron chi connectivity index (χ0n) is 6.95. The molecular formula is C7H16N2. The second-order valence-corrected chi connectivity index (χ2v) is 2.39. The molecule has 0 heterocycles. The minimum Gasteiger partial charge on any atom is -0.242 e. The van der Waals surface area contributed by atoms with Gasteiger partial charge in [0.25, 0.3) is 0 Å². The van der Waals surface area contributed by atoms with Crippen LogP contribution in [0.1, 0.15) is 34.6 Å². The summed E-state index contributed by atoms with van der Waals surface area (Å²) in [6, 6.07) is 1.98. The van der Waals surface area contributed by atoms with E-state index in [1.165, 1.54) is 0 Å². The van der Waals surface area contributed by atoms with Crippen LogP contribution >= 0.6 is 0 Å². The minimum atomic E-state index is -0.123. The van der Waals surface area contributed by atoms with E-state index in [1.54, 1.807) is 0 Å². The van der Waals surface area contributed by atoms with Crippen molar-refractivity contribution < 1.29 is 0 Å². The molecule has 0 radical (unpaired) electrons. The van der Waals surface area contributed by atoms with Crippen molar-refractivity contribution in [2.75, 3.05) is 0 Å². The molecule has 1 N–H and O–H groups in total. The summed E-state index contributed by atoms with van der Waals surface area (Å²) in [5.41, 5.74) is -0.123. The van der Waals surface area contributed by atoms with Gasteiger partial charge >= 0.3 is 0 Å². The first-order valence-electron chi connectivity index (χ1n) is 3.20. The molecule has 9 heavy (non-hydrogen) atoms. The molecule has 54 valence electrons. The van der Waals surface area contributed by atoms with Crippen molar-refractivity contribution in [2.45, 2.75) is 40.2 Å². The molecule has 0 aliphatic carbocycles. The van der Waals surface area contributed by atoms with E-state index >= 15 is 0 Å². The van der Waals surface area contributed by atoms with E-state index < -0.39 is 0 Å². The minimum absolute atomic E-state index is 0.123. The lowest BCUT2D eigenvalue weighted by molar-refractivity contribution is 0.586. The Morgan fingerprint density at radius 2 is 1.56 bits per heavy atom. The first kappa shape index (κ1) is 11.2. The third kappa shape index (κ3) is 18.7. The number of nitrogens with zero attached hydrogens (tertiary/aromatic N) is 1. The first-order valence-corrected chi connectivity index (χ1v) is 3.20. The molecule has 0 aromatic carbocycles. The molecule has 0 saturated carbocycles. The third-order valence-corrected chi connectivity index (χ3v) is 0.391. The highest BCUT2D eigenvalue weighted by Crippen LogP contribution is 2.02. The van der Waals surface area contributed by atoms with Crippen molar-refractivity contribution in [3.05, 3.63) is 0 Å². The van der Waals surface area contributed by atoms with E-state index in [0.717, 1.165) is 0 Å². The van der Waals surface area contributed by atoms with Gasteiger partial charge in [0.1, 0.15) is 0 Å². The predicted octanol–water partition coefficient (Wildman–Crippen LogP) is 2.56. The van der Waals surface area contributed by atoms with Crippen molar-refractivity contribution >= 4 is 6.01 Å². The second-order valence-electron chi connectivity index (χ2n) is 2.39. The molecule has 0 amide bonds. The van der Waals surface area contributed by atoms with Crippen LogP contribution in [-0.2, 0) is 0 Å². The van der Waals surface area contributed by atoms with Crippen molar-refractivity contribution in [3.8, 4) is 0 Å². The van der Waals surface area contributed by atoms with Crippen LogP contribution in [0.15, 0.2) is 4.99 Å². The Labute approximate surface area is 57.5 Å². The van der Waals surface area contributed by atoms with Crippen molar-refractivity contribution in [2.24, 2.45) is 4.99 Å². The Morgan fingerprint density at radius 3 is 1.56 bits per heavy atom. The van der Waals surface area contributed by atoms with Crippen LogP contribution in [0.5, 0.6) is 0 Å². The van der Waals surface area contributed by atoms with Crippen LogP contribution in [0.3, 0.4) is 0 Å². The summed E-state index contributed by atoms with van der Waals surface area (Å²) in [6.45, 7) is 9.78. The topological polar surface area (TPSA) is 36.2 Å². The van der Waals surface area contributed by atoms with Gasteiger partial charge in [-0.15, -0.1) is 0 Å². The summed E-state index contributed by atoms with van der Waals surface area (Å²) in [7, 11) is 0. The second kappa shape index (κ2) is 5.52. The fourth-order valence-corrected chi connectivity index (χ4v) is 0.168. The van der Waals surface area contributed by atoms with Crippen LogP contribution < -0.4 is 0 Å². The van der Waals surface area contributed by atoms with Gasteiger partial charge in [0.05, 0.1) is 11.5 Å². The summed E-state index contributed by atoms with van der Waals surface area (Å²) in [4.78, 5) is 3.67. The van der Waals surface area contributed by atoms with Crippen LogP contribution in [0.2, 0.25) is 0 Å². The Bertz CT molecular complexity index is 94.0. The fourth-order valence-electron chi connectivity index (χ4n) is 0.168. The normalized spacial score (nSPS) is 8.56. The highest BCUT2D eigenvalue weighted by atomic mass is 14.8. The molecule has 0 bridgehead atoms. The fraction of sp³-hybridized carbons (Fsp3) is 0.857. The van der Waals surface area contributed by atoms with Gasteiger partial charge in [-0.05, 0) is 20.8 Å². The van der Waals surface area contributed by atoms with Gasteiger partial charge in [0.15, 0.2) is 0 Å². The van der Waals surface area contributed by atoms with Gasteiger partial charge in [0, 0.05) is 0 Å². The first-order chi connectivity index (χ1) is 4.06. The van der Waals surface area contributed by atoms with Crippen LogP contribution in [-0.4, -0.2) is 11.5 Å². The summed E-state index contributed by atoms with van der Waals surface area (Å²) >= 11 is 0. The standard InChI is InChI=1S/C5H10N2.C2H6/c1-5(2,3)7-4-6;1-2/h6H,1-3H3;1-2H3. The summed E-state index contributed by atoms with van der Waals surface area (Å²) in [6.07, 6.45) is 0. The Kier molecular flexibility index (Phi) is 6.87. The number of hydrogen-bond donors (Lipinski definition) is 1. The molecule has 0 aromatic heterocycles. The van der Waals surface area contributed by atoms with E-state index in [4.69, 9.17) is 5.41 Å². The van der Waals surface area contributed by atoms with Crippen LogP contribution in [0.4, 0.5) is 0 Å². The van der Waals surface area contributed by atoms with Gasteiger partial charge in [-0.25, -0.2) is 10.4 Å². The zero-order chi connectivity index (χ0) is 7.91. The highest BCUT2D eigenvalue weighted by molar-refractivity contribution is 5.36. The van der Waals surface area contributed by atoms with E-state index in [2.05, 4.69) is 4.99 Å². The molecule has 2 nitrogen and oxygen atoms in total. The quantitative estimate of drug-likeness (QED) is 0.487. The molecule has 0 aliphatic rings. The summed E-state index contributed by atoms with van der Waals surface area (Å²) < 4.78 is 0. The molecule has 0 spiro atoms. The predicted molar refractivity (Wildman–Crippen MR) is 41.3 cm³/mol. The number of aliphatic imine (C=N–C) groups is 1. The van der Waals surface area contributed by atoms with E-state index in [0.29, 0.717) is 0 Å². The van der Waals surface area contributed by atoms with Crippen LogP contribution in [0.25, 0.3) is 0 Å². The molecule has 0 unspecified atom stereocenters. The zero-order valence-corrected chi connectivity index (χ0v) is 6.95. The van der Waals surface area contributed by atoms with Gasteiger partial charge in [-0.3, -0.25) is 0 Å². The average Bonchev–Trinajstić information content (AvgIpc) is 1.69. The summed E-state index contributed by atoms with van der Waals surface area (Å²) in [5.74, 6) is 0. The largest absolute Gasteiger partial charge is 0.242 e. The number of nitrogens with one attached hydrogen (secondary N) is 1. The number of rotatable bonds is 0. The highest BCUT2D eigenvalue weighted by Gasteiger charge is 2.03. The smallest absolute Gasteiger partial charge is 0.0867 e. The van der Waals surface area contributed by atoms with Gasteiger partial charge < -0.3 is 0 Å². The van der Waals surface area contributed by atoms with E-state index in [-0.39, 0.29) is 5.54 Å². The Hall–Kier alpha value is -0.620. The SMILES string of the molecule is CC.CC(C)(C)N=C=N. The summed E-state index contributed by atoms with van der Waals surface area (Å²) in [5, 5.41) is 6.44. The van der Waals surface area contributed by atoms with Gasteiger partial charge in [0.2, 0.25) is 0 Å². The third-order valence-electron chi connectivity index (χ3n) is 0.391. The maximum absolute atomic E-state index is 6.44. The average molecular weight is 128 g/mol. The molecule has 0 saturated heterocycles. The van der Waals surface area contributed by atoms with E-state index in [1.807, 2.05) is 40.6 Å². The monoisotopic (exact) mass is 128 g/mol.